The lowest BCUT2D eigenvalue weighted by Crippen LogP contribution is -2.08. The van der Waals surface area contributed by atoms with Crippen LogP contribution in [0.3, 0.4) is 0 Å². The summed E-state index contributed by atoms with van der Waals surface area (Å²) >= 11 is 0. The molecule has 1 aliphatic heterocycles. The smallest absolute Gasteiger partial charge is 0.123 e. The van der Waals surface area contributed by atoms with Gasteiger partial charge in [0.2, 0.25) is 0 Å². The van der Waals surface area contributed by atoms with Crippen molar-refractivity contribution in [2.45, 2.75) is 45.1 Å². The Hall–Kier alpha value is -3.12. The second kappa shape index (κ2) is 7.95. The molecule has 0 bridgehead atoms. The van der Waals surface area contributed by atoms with E-state index in [0.29, 0.717) is 5.92 Å². The van der Waals surface area contributed by atoms with Gasteiger partial charge in [-0.2, -0.15) is 5.10 Å². The molecule has 3 N–H and O–H groups in total. The van der Waals surface area contributed by atoms with Crippen LogP contribution in [-0.2, 0) is 0 Å². The predicted octanol–water partition coefficient (Wildman–Crippen LogP) is 4.93. The molecule has 0 saturated heterocycles. The number of imidazole rings is 1. The van der Waals surface area contributed by atoms with Crippen molar-refractivity contribution in [1.29, 1.82) is 0 Å². The number of hydrogen-bond donors (Lipinski definition) is 2. The number of aromatic amines is 1. The van der Waals surface area contributed by atoms with Crippen molar-refractivity contribution in [3.05, 3.63) is 60.3 Å². The van der Waals surface area contributed by atoms with E-state index >= 15 is 0 Å². The van der Waals surface area contributed by atoms with Crippen LogP contribution in [0.25, 0.3) is 28.1 Å². The number of nitrogens with one attached hydrogen (secondary N) is 1. The molecule has 6 heteroatoms. The molecule has 5 rings (SSSR count). The number of nitrogens with zero attached hydrogens (tertiary/aromatic N) is 4. The van der Waals surface area contributed by atoms with Crippen LogP contribution in [0.1, 0.15) is 56.6 Å². The molecule has 3 heterocycles. The van der Waals surface area contributed by atoms with Crippen LogP contribution in [0.2, 0.25) is 0 Å². The third-order valence-corrected chi connectivity index (χ3v) is 6.10. The van der Waals surface area contributed by atoms with Crippen molar-refractivity contribution >= 4 is 11.3 Å². The second-order valence-electron chi connectivity index (χ2n) is 8.28. The van der Waals surface area contributed by atoms with Crippen LogP contribution in [0.4, 0.5) is 0 Å². The Balaban J connectivity index is 1.27. The van der Waals surface area contributed by atoms with Crippen LogP contribution >= 0.6 is 0 Å². The number of hydrogen-bond acceptors (Lipinski definition) is 5. The quantitative estimate of drug-likeness (QED) is 0.637. The summed E-state index contributed by atoms with van der Waals surface area (Å²) < 4.78 is 0. The molecule has 152 valence electrons. The molecule has 1 atom stereocenters. The number of rotatable bonds is 5. The molecule has 0 unspecified atom stereocenters. The fourth-order valence-electron chi connectivity index (χ4n) is 4.31. The first kappa shape index (κ1) is 18.9. The van der Waals surface area contributed by atoms with Crippen LogP contribution < -0.4 is 5.73 Å². The molecule has 3 aromatic rings. The highest BCUT2D eigenvalue weighted by molar-refractivity contribution is 5.99. The van der Waals surface area contributed by atoms with Crippen LogP contribution in [0, 0.1) is 5.92 Å². The first-order valence-corrected chi connectivity index (χ1v) is 10.7. The summed E-state index contributed by atoms with van der Waals surface area (Å²) in [5, 5.41) is 8.95. The number of benzene rings is 1. The highest BCUT2D eigenvalue weighted by Gasteiger charge is 2.24. The minimum Gasteiger partial charge on any atom is -0.341 e. The van der Waals surface area contributed by atoms with E-state index in [-0.39, 0.29) is 6.04 Å². The average molecular weight is 399 g/mol. The van der Waals surface area contributed by atoms with Crippen molar-refractivity contribution in [1.82, 2.24) is 20.2 Å². The van der Waals surface area contributed by atoms with Crippen LogP contribution in [0.5, 0.6) is 0 Å². The average Bonchev–Trinajstić information content (AvgIpc) is 3.55. The Labute approximate surface area is 176 Å². The van der Waals surface area contributed by atoms with Crippen molar-refractivity contribution in [3.63, 3.8) is 0 Å². The van der Waals surface area contributed by atoms with Gasteiger partial charge in [0.1, 0.15) is 5.82 Å². The van der Waals surface area contributed by atoms with E-state index < -0.39 is 0 Å². The number of H-pyrrole nitrogens is 1. The van der Waals surface area contributed by atoms with Crippen LogP contribution in [0.15, 0.2) is 53.8 Å². The summed E-state index contributed by atoms with van der Waals surface area (Å²) in [6, 6.07) is 12.2. The van der Waals surface area contributed by atoms with Gasteiger partial charge < -0.3 is 10.7 Å². The summed E-state index contributed by atoms with van der Waals surface area (Å²) in [5.74, 6) is 1.46. The third kappa shape index (κ3) is 3.71. The van der Waals surface area contributed by atoms with Gasteiger partial charge in [0.25, 0.3) is 0 Å². The zero-order chi connectivity index (χ0) is 20.5. The van der Waals surface area contributed by atoms with Crippen molar-refractivity contribution < 1.29 is 0 Å². The lowest BCUT2D eigenvalue weighted by molar-refractivity contribution is 0.722. The highest BCUT2D eigenvalue weighted by Crippen LogP contribution is 2.33. The Morgan fingerprint density at radius 3 is 2.33 bits per heavy atom. The van der Waals surface area contributed by atoms with E-state index in [1.165, 1.54) is 37.0 Å². The van der Waals surface area contributed by atoms with Gasteiger partial charge in [-0.3, -0.25) is 4.99 Å². The lowest BCUT2D eigenvalue weighted by atomic mass is 9.96. The standard InChI is InChI=1S/C24H26N6/c1-15(25)24-27-14-23(28-24)18-8-6-17(7-9-18)20-10-11-21(30-29-20)19-12-22(26-13-19)16-4-2-3-5-16/h6-11,13-16H,2-5,12,25H2,1H3,(H,27,28)/t15-/m0/s1. The van der Waals surface area contributed by atoms with Gasteiger partial charge in [0.15, 0.2) is 0 Å². The molecule has 30 heavy (non-hydrogen) atoms. The van der Waals surface area contributed by atoms with Crippen molar-refractivity contribution in [2.75, 3.05) is 0 Å². The molecular weight excluding hydrogens is 372 g/mol. The van der Waals surface area contributed by atoms with E-state index in [9.17, 15) is 0 Å². The van der Waals surface area contributed by atoms with Gasteiger partial charge in [0, 0.05) is 29.5 Å². The van der Waals surface area contributed by atoms with E-state index in [1.807, 2.05) is 25.4 Å². The van der Waals surface area contributed by atoms with Crippen molar-refractivity contribution in [3.8, 4) is 22.5 Å². The van der Waals surface area contributed by atoms with E-state index in [0.717, 1.165) is 40.5 Å². The first-order chi connectivity index (χ1) is 14.7. The lowest BCUT2D eigenvalue weighted by Gasteiger charge is -2.09. The molecule has 2 aromatic heterocycles. The molecule has 0 radical (unpaired) electrons. The number of aliphatic imine (C=N–C) groups is 1. The van der Waals surface area contributed by atoms with Crippen LogP contribution in [-0.4, -0.2) is 25.9 Å². The fourth-order valence-corrected chi connectivity index (χ4v) is 4.31. The first-order valence-electron chi connectivity index (χ1n) is 10.7. The summed E-state index contributed by atoms with van der Waals surface area (Å²) in [7, 11) is 0. The van der Waals surface area contributed by atoms with Gasteiger partial charge in [0.05, 0.1) is 29.3 Å². The minimum atomic E-state index is -0.110. The number of aromatic nitrogens is 4. The van der Waals surface area contributed by atoms with E-state index in [2.05, 4.69) is 55.5 Å². The summed E-state index contributed by atoms with van der Waals surface area (Å²) in [4.78, 5) is 12.3. The molecule has 1 saturated carbocycles. The number of nitrogens with two attached hydrogens (primary N) is 1. The number of allylic oxidation sites excluding steroid dienone is 1. The summed E-state index contributed by atoms with van der Waals surface area (Å²) in [6.07, 6.45) is 9.95. The van der Waals surface area contributed by atoms with Gasteiger partial charge in [-0.05, 0) is 43.4 Å². The zero-order valence-corrected chi connectivity index (χ0v) is 17.2. The molecule has 1 fully saturated rings. The Morgan fingerprint density at radius 1 is 0.967 bits per heavy atom. The van der Waals surface area contributed by atoms with Gasteiger partial charge in [-0.1, -0.05) is 37.1 Å². The monoisotopic (exact) mass is 398 g/mol. The van der Waals surface area contributed by atoms with E-state index in [1.54, 1.807) is 0 Å². The maximum absolute atomic E-state index is 5.88. The van der Waals surface area contributed by atoms with Gasteiger partial charge in [-0.15, -0.1) is 5.10 Å². The molecule has 1 aromatic carbocycles. The summed E-state index contributed by atoms with van der Waals surface area (Å²) in [6.45, 7) is 1.91. The van der Waals surface area contributed by atoms with Crippen molar-refractivity contribution in [2.24, 2.45) is 16.6 Å². The Bertz CT molecular complexity index is 1080. The Morgan fingerprint density at radius 2 is 1.67 bits per heavy atom. The topological polar surface area (TPSA) is 92.8 Å². The van der Waals surface area contributed by atoms with Gasteiger partial charge >= 0.3 is 0 Å². The summed E-state index contributed by atoms with van der Waals surface area (Å²) in [5.41, 5.74) is 13.2. The molecule has 2 aliphatic rings. The molecule has 0 amide bonds. The van der Waals surface area contributed by atoms with E-state index in [4.69, 9.17) is 5.73 Å². The minimum absolute atomic E-state index is 0.110. The molecule has 6 nitrogen and oxygen atoms in total. The maximum atomic E-state index is 5.88. The Kier molecular flexibility index (Phi) is 5.01. The zero-order valence-electron chi connectivity index (χ0n) is 17.2. The maximum Gasteiger partial charge on any atom is 0.123 e. The fraction of sp³-hybridized carbons (Fsp3) is 0.333. The largest absolute Gasteiger partial charge is 0.341 e. The SMILES string of the molecule is C[C@H](N)c1ncc(-c2ccc(-c3ccc(C4=CN=C(C5CCCC5)C4)nn3)cc2)[nH]1. The molecule has 0 spiro atoms. The predicted molar refractivity (Wildman–Crippen MR) is 120 cm³/mol. The molecular formula is C24H26N6. The second-order valence-corrected chi connectivity index (χ2v) is 8.28. The highest BCUT2D eigenvalue weighted by atomic mass is 15.1. The molecule has 1 aliphatic carbocycles. The third-order valence-electron chi connectivity index (χ3n) is 6.10. The van der Waals surface area contributed by atoms with Gasteiger partial charge in [-0.25, -0.2) is 4.98 Å². The normalized spacial score (nSPS) is 17.8.